The molecule has 0 aliphatic heterocycles. The lowest BCUT2D eigenvalue weighted by Gasteiger charge is -2.10. The van der Waals surface area contributed by atoms with E-state index in [9.17, 15) is 9.59 Å². The molecule has 0 radical (unpaired) electrons. The molecule has 0 saturated carbocycles. The zero-order chi connectivity index (χ0) is 25.2. The van der Waals surface area contributed by atoms with Crippen LogP contribution in [0.25, 0.3) is 20.7 Å². The Kier molecular flexibility index (Phi) is 6.69. The van der Waals surface area contributed by atoms with E-state index in [2.05, 4.69) is 20.8 Å². The topological polar surface area (TPSA) is 93.2 Å². The molecule has 180 valence electrons. The highest BCUT2D eigenvalue weighted by molar-refractivity contribution is 7.21. The maximum Gasteiger partial charge on any atom is 0.267 e. The van der Waals surface area contributed by atoms with Crippen molar-refractivity contribution >= 4 is 67.0 Å². The van der Waals surface area contributed by atoms with Gasteiger partial charge >= 0.3 is 0 Å². The Labute approximate surface area is 219 Å². The van der Waals surface area contributed by atoms with Gasteiger partial charge in [0.2, 0.25) is 5.13 Å². The van der Waals surface area contributed by atoms with Gasteiger partial charge in [-0.3, -0.25) is 14.9 Å². The third-order valence-corrected chi connectivity index (χ3v) is 7.94. The number of para-hydroxylation sites is 1. The standard InChI is InChI=1S/C26H19ClN4O3S2/c1-14-7-12-18-20(13-14)35-22(21(18)27)24(33)28-19-6-4-3-5-17(19)23(32)29-26-31-30-25(36-26)15-8-10-16(34-2)11-9-15/h3-13H,1-2H3,(H,28,33)(H,29,31,32). The van der Waals surface area contributed by atoms with E-state index in [4.69, 9.17) is 16.3 Å². The Balaban J connectivity index is 1.34. The van der Waals surface area contributed by atoms with E-state index in [0.717, 1.165) is 27.0 Å². The van der Waals surface area contributed by atoms with Crippen molar-refractivity contribution in [2.24, 2.45) is 0 Å². The zero-order valence-electron chi connectivity index (χ0n) is 19.2. The Morgan fingerprint density at radius 1 is 0.917 bits per heavy atom. The molecule has 36 heavy (non-hydrogen) atoms. The number of aromatic nitrogens is 2. The van der Waals surface area contributed by atoms with Crippen molar-refractivity contribution < 1.29 is 14.3 Å². The van der Waals surface area contributed by atoms with Gasteiger partial charge in [0.05, 0.1) is 23.4 Å². The minimum absolute atomic E-state index is 0.292. The summed E-state index contributed by atoms with van der Waals surface area (Å²) < 4.78 is 6.11. The highest BCUT2D eigenvalue weighted by Gasteiger charge is 2.20. The number of rotatable bonds is 6. The van der Waals surface area contributed by atoms with Crippen LogP contribution in [0.4, 0.5) is 10.8 Å². The number of fused-ring (bicyclic) bond motifs is 1. The second-order valence-electron chi connectivity index (χ2n) is 7.84. The molecule has 0 spiro atoms. The molecule has 7 nitrogen and oxygen atoms in total. The number of carbonyl (C=O) groups excluding carboxylic acids is 2. The molecule has 0 atom stereocenters. The number of amides is 2. The van der Waals surface area contributed by atoms with E-state index in [1.807, 2.05) is 49.4 Å². The van der Waals surface area contributed by atoms with Crippen molar-refractivity contribution in [3.8, 4) is 16.3 Å². The summed E-state index contributed by atoms with van der Waals surface area (Å²) in [7, 11) is 1.60. The molecule has 10 heteroatoms. The quantitative estimate of drug-likeness (QED) is 0.247. The smallest absolute Gasteiger partial charge is 0.267 e. The summed E-state index contributed by atoms with van der Waals surface area (Å²) in [6.07, 6.45) is 0. The van der Waals surface area contributed by atoms with Gasteiger partial charge in [-0.1, -0.05) is 47.2 Å². The number of ether oxygens (including phenoxy) is 1. The predicted octanol–water partition coefficient (Wildman–Crippen LogP) is 6.89. The van der Waals surface area contributed by atoms with Crippen molar-refractivity contribution in [3.63, 3.8) is 0 Å². The Morgan fingerprint density at radius 2 is 1.69 bits per heavy atom. The fraction of sp³-hybridized carbons (Fsp3) is 0.0769. The Hall–Kier alpha value is -3.79. The van der Waals surface area contributed by atoms with Crippen LogP contribution < -0.4 is 15.4 Å². The van der Waals surface area contributed by atoms with E-state index in [-0.39, 0.29) is 5.91 Å². The minimum atomic E-state index is -0.415. The number of thiophene rings is 1. The number of halogens is 1. The molecule has 0 aliphatic rings. The number of nitrogens with one attached hydrogen (secondary N) is 2. The largest absolute Gasteiger partial charge is 0.497 e. The van der Waals surface area contributed by atoms with Crippen LogP contribution in [-0.2, 0) is 0 Å². The van der Waals surface area contributed by atoms with Gasteiger partial charge in [0.25, 0.3) is 11.8 Å². The third kappa shape index (κ3) is 4.81. The normalized spacial score (nSPS) is 10.9. The maximum atomic E-state index is 13.1. The summed E-state index contributed by atoms with van der Waals surface area (Å²) in [5.74, 6) is -0.0549. The molecule has 5 aromatic rings. The molecule has 0 bridgehead atoms. The van der Waals surface area contributed by atoms with Crippen molar-refractivity contribution in [2.75, 3.05) is 17.7 Å². The van der Waals surface area contributed by atoms with E-state index in [1.165, 1.54) is 22.7 Å². The van der Waals surface area contributed by atoms with Gasteiger partial charge in [0, 0.05) is 15.6 Å². The first-order valence-corrected chi connectivity index (χ1v) is 12.8. The van der Waals surface area contributed by atoms with Crippen molar-refractivity contribution in [1.29, 1.82) is 0 Å². The molecule has 2 heterocycles. The summed E-state index contributed by atoms with van der Waals surface area (Å²) in [4.78, 5) is 26.5. The summed E-state index contributed by atoms with van der Waals surface area (Å²) in [6, 6.07) is 20.0. The Morgan fingerprint density at radius 3 is 2.47 bits per heavy atom. The van der Waals surface area contributed by atoms with Crippen LogP contribution in [0.2, 0.25) is 5.02 Å². The predicted molar refractivity (Wildman–Crippen MR) is 146 cm³/mol. The minimum Gasteiger partial charge on any atom is -0.497 e. The number of nitrogens with zero attached hydrogens (tertiary/aromatic N) is 2. The van der Waals surface area contributed by atoms with Crippen molar-refractivity contribution in [2.45, 2.75) is 6.92 Å². The van der Waals surface area contributed by atoms with Gasteiger partial charge in [0.15, 0.2) is 0 Å². The van der Waals surface area contributed by atoms with Gasteiger partial charge in [-0.05, 0) is 55.0 Å². The van der Waals surface area contributed by atoms with E-state index < -0.39 is 5.91 Å². The number of benzene rings is 3. The molecule has 5 rings (SSSR count). The summed E-state index contributed by atoms with van der Waals surface area (Å²) in [5, 5.41) is 16.1. The molecule has 2 amide bonds. The fourth-order valence-corrected chi connectivity index (χ4v) is 5.83. The number of aryl methyl sites for hydroxylation is 1. The van der Waals surface area contributed by atoms with E-state index in [1.54, 1.807) is 31.4 Å². The fourth-order valence-electron chi connectivity index (χ4n) is 3.58. The number of carbonyl (C=O) groups is 2. The van der Waals surface area contributed by atoms with Crippen LogP contribution in [0.15, 0.2) is 66.7 Å². The lowest BCUT2D eigenvalue weighted by molar-refractivity contribution is 0.102. The monoisotopic (exact) mass is 534 g/mol. The second-order valence-corrected chi connectivity index (χ2v) is 10.2. The maximum absolute atomic E-state index is 13.1. The molecule has 0 unspecified atom stereocenters. The van der Waals surface area contributed by atoms with Gasteiger partial charge < -0.3 is 10.1 Å². The van der Waals surface area contributed by atoms with Gasteiger partial charge in [-0.15, -0.1) is 21.5 Å². The van der Waals surface area contributed by atoms with Crippen molar-refractivity contribution in [1.82, 2.24) is 10.2 Å². The first-order valence-electron chi connectivity index (χ1n) is 10.8. The number of hydrogen-bond acceptors (Lipinski definition) is 7. The number of hydrogen-bond donors (Lipinski definition) is 2. The summed E-state index contributed by atoms with van der Waals surface area (Å²) in [5.41, 5.74) is 2.60. The van der Waals surface area contributed by atoms with Crippen LogP contribution in [0.1, 0.15) is 25.6 Å². The Bertz CT molecular complexity index is 1590. The highest BCUT2D eigenvalue weighted by atomic mass is 35.5. The lowest BCUT2D eigenvalue weighted by Crippen LogP contribution is -2.17. The number of anilines is 2. The first-order chi connectivity index (χ1) is 17.4. The first kappa shape index (κ1) is 23.9. The average Bonchev–Trinajstić information content (AvgIpc) is 3.48. The van der Waals surface area contributed by atoms with E-state index >= 15 is 0 Å². The molecular weight excluding hydrogens is 516 g/mol. The number of methoxy groups -OCH3 is 1. The van der Waals surface area contributed by atoms with Crippen LogP contribution in [0.3, 0.4) is 0 Å². The molecule has 2 aromatic heterocycles. The van der Waals surface area contributed by atoms with E-state index in [0.29, 0.717) is 31.3 Å². The lowest BCUT2D eigenvalue weighted by atomic mass is 10.1. The molecule has 0 fully saturated rings. The average molecular weight is 535 g/mol. The van der Waals surface area contributed by atoms with Crippen molar-refractivity contribution in [3.05, 3.63) is 87.8 Å². The highest BCUT2D eigenvalue weighted by Crippen LogP contribution is 2.36. The molecule has 2 N–H and O–H groups in total. The van der Waals surface area contributed by atoms with Crippen LogP contribution in [0.5, 0.6) is 5.75 Å². The van der Waals surface area contributed by atoms with Gasteiger partial charge in [-0.2, -0.15) is 0 Å². The second kappa shape index (κ2) is 10.1. The molecular formula is C26H19ClN4O3S2. The van der Waals surface area contributed by atoms with Gasteiger partial charge in [0.1, 0.15) is 15.6 Å². The van der Waals surface area contributed by atoms with Crippen LogP contribution in [-0.4, -0.2) is 29.1 Å². The van der Waals surface area contributed by atoms with Gasteiger partial charge in [-0.25, -0.2) is 0 Å². The van der Waals surface area contributed by atoms with Crippen LogP contribution in [0, 0.1) is 6.92 Å². The van der Waals surface area contributed by atoms with Crippen LogP contribution >= 0.6 is 34.3 Å². The SMILES string of the molecule is COc1ccc(-c2nnc(NC(=O)c3ccccc3NC(=O)c3sc4cc(C)ccc4c3Cl)s2)cc1. The summed E-state index contributed by atoms with van der Waals surface area (Å²) >= 11 is 9.06. The molecule has 3 aromatic carbocycles. The third-order valence-electron chi connectivity index (χ3n) is 5.39. The molecule has 0 saturated heterocycles. The zero-order valence-corrected chi connectivity index (χ0v) is 21.6. The summed E-state index contributed by atoms with van der Waals surface area (Å²) in [6.45, 7) is 1.99. The molecule has 0 aliphatic carbocycles.